The molecule has 1 unspecified atom stereocenters. The third kappa shape index (κ3) is 4.17. The SMILES string of the molecule is CCC(C)NCC(=O)N1CCN(c2ccccc2F)CC1. The van der Waals surface area contributed by atoms with Crippen LogP contribution in [-0.4, -0.2) is 49.6 Å². The molecule has 0 aromatic heterocycles. The minimum atomic E-state index is -0.198. The predicted molar refractivity (Wildman–Crippen MR) is 82.9 cm³/mol. The third-order valence-corrected chi connectivity index (χ3v) is 4.04. The van der Waals surface area contributed by atoms with E-state index in [9.17, 15) is 9.18 Å². The molecule has 1 saturated heterocycles. The lowest BCUT2D eigenvalue weighted by molar-refractivity contribution is -0.130. The minimum absolute atomic E-state index is 0.128. The maximum absolute atomic E-state index is 13.7. The van der Waals surface area contributed by atoms with E-state index in [4.69, 9.17) is 0 Å². The first-order valence-corrected chi connectivity index (χ1v) is 7.62. The van der Waals surface area contributed by atoms with Crippen LogP contribution in [-0.2, 0) is 4.79 Å². The summed E-state index contributed by atoms with van der Waals surface area (Å²) in [4.78, 5) is 16.0. The lowest BCUT2D eigenvalue weighted by atomic mass is 10.2. The van der Waals surface area contributed by atoms with Gasteiger partial charge in [0, 0.05) is 32.2 Å². The van der Waals surface area contributed by atoms with E-state index in [1.165, 1.54) is 6.07 Å². The molecule has 0 radical (unpaired) electrons. The second-order valence-electron chi connectivity index (χ2n) is 5.51. The molecule has 116 valence electrons. The number of carbonyl (C=O) groups excluding carboxylic acids is 1. The van der Waals surface area contributed by atoms with E-state index in [-0.39, 0.29) is 11.7 Å². The molecule has 1 N–H and O–H groups in total. The average molecular weight is 293 g/mol. The third-order valence-electron chi connectivity index (χ3n) is 4.04. The maximum atomic E-state index is 13.7. The first-order chi connectivity index (χ1) is 10.1. The van der Waals surface area contributed by atoms with Crippen LogP contribution in [0.5, 0.6) is 0 Å². The van der Waals surface area contributed by atoms with E-state index < -0.39 is 0 Å². The molecule has 1 heterocycles. The number of hydrogen-bond donors (Lipinski definition) is 1. The van der Waals surface area contributed by atoms with Crippen molar-refractivity contribution in [3.8, 4) is 0 Å². The van der Waals surface area contributed by atoms with Gasteiger partial charge >= 0.3 is 0 Å². The molecule has 1 aromatic rings. The lowest BCUT2D eigenvalue weighted by Gasteiger charge is -2.36. The topological polar surface area (TPSA) is 35.6 Å². The Balaban J connectivity index is 1.83. The van der Waals surface area contributed by atoms with Crippen LogP contribution in [0.4, 0.5) is 10.1 Å². The minimum Gasteiger partial charge on any atom is -0.366 e. The van der Waals surface area contributed by atoms with E-state index in [2.05, 4.69) is 19.2 Å². The van der Waals surface area contributed by atoms with Crippen molar-refractivity contribution in [1.82, 2.24) is 10.2 Å². The number of halogens is 1. The van der Waals surface area contributed by atoms with Crippen LogP contribution in [0.25, 0.3) is 0 Å². The molecule has 0 bridgehead atoms. The Bertz CT molecular complexity index is 472. The van der Waals surface area contributed by atoms with E-state index in [1.807, 2.05) is 15.9 Å². The van der Waals surface area contributed by atoms with Crippen LogP contribution in [0.1, 0.15) is 20.3 Å². The zero-order chi connectivity index (χ0) is 15.2. The van der Waals surface area contributed by atoms with Crippen LogP contribution < -0.4 is 10.2 Å². The number of anilines is 1. The summed E-state index contributed by atoms with van der Waals surface area (Å²) in [6.45, 7) is 7.20. The number of para-hydroxylation sites is 1. The van der Waals surface area contributed by atoms with Gasteiger partial charge < -0.3 is 15.1 Å². The van der Waals surface area contributed by atoms with Gasteiger partial charge in [-0.3, -0.25) is 4.79 Å². The summed E-state index contributed by atoms with van der Waals surface area (Å²) in [5, 5.41) is 3.22. The molecule has 4 nitrogen and oxygen atoms in total. The highest BCUT2D eigenvalue weighted by molar-refractivity contribution is 5.78. The molecule has 1 fully saturated rings. The molecule has 1 aliphatic heterocycles. The Hall–Kier alpha value is -1.62. The van der Waals surface area contributed by atoms with Crippen molar-refractivity contribution in [3.63, 3.8) is 0 Å². The molecule has 0 saturated carbocycles. The number of nitrogens with one attached hydrogen (secondary N) is 1. The quantitative estimate of drug-likeness (QED) is 0.900. The molecule has 1 aliphatic rings. The largest absolute Gasteiger partial charge is 0.366 e. The fraction of sp³-hybridized carbons (Fsp3) is 0.562. The molecule has 0 spiro atoms. The zero-order valence-corrected chi connectivity index (χ0v) is 12.8. The van der Waals surface area contributed by atoms with Gasteiger partial charge in [0.25, 0.3) is 0 Å². The van der Waals surface area contributed by atoms with Gasteiger partial charge in [0.15, 0.2) is 0 Å². The highest BCUT2D eigenvalue weighted by Crippen LogP contribution is 2.20. The lowest BCUT2D eigenvalue weighted by Crippen LogP contribution is -2.51. The van der Waals surface area contributed by atoms with E-state index >= 15 is 0 Å². The summed E-state index contributed by atoms with van der Waals surface area (Å²) in [5.74, 6) is -0.0702. The van der Waals surface area contributed by atoms with Crippen molar-refractivity contribution in [2.45, 2.75) is 26.3 Å². The number of nitrogens with zero attached hydrogens (tertiary/aromatic N) is 2. The normalized spacial score (nSPS) is 16.9. The molecule has 0 aliphatic carbocycles. The van der Waals surface area contributed by atoms with Gasteiger partial charge in [-0.2, -0.15) is 0 Å². The second kappa shape index (κ2) is 7.41. The van der Waals surface area contributed by atoms with Gasteiger partial charge in [-0.1, -0.05) is 19.1 Å². The van der Waals surface area contributed by atoms with E-state index in [1.54, 1.807) is 12.1 Å². The number of rotatable bonds is 5. The smallest absolute Gasteiger partial charge is 0.236 e. The highest BCUT2D eigenvalue weighted by atomic mass is 19.1. The molecule has 1 aromatic carbocycles. The van der Waals surface area contributed by atoms with Crippen LogP contribution in [0.15, 0.2) is 24.3 Å². The molecular weight excluding hydrogens is 269 g/mol. The van der Waals surface area contributed by atoms with Crippen molar-refractivity contribution < 1.29 is 9.18 Å². The van der Waals surface area contributed by atoms with Crippen molar-refractivity contribution in [2.75, 3.05) is 37.6 Å². The van der Waals surface area contributed by atoms with E-state index in [0.717, 1.165) is 6.42 Å². The summed E-state index contributed by atoms with van der Waals surface area (Å²) in [5.41, 5.74) is 0.627. The molecule has 1 amide bonds. The Labute approximate surface area is 125 Å². The highest BCUT2D eigenvalue weighted by Gasteiger charge is 2.22. The van der Waals surface area contributed by atoms with Crippen LogP contribution >= 0.6 is 0 Å². The Morgan fingerprint density at radius 2 is 1.95 bits per heavy atom. The molecule has 5 heteroatoms. The average Bonchev–Trinajstić information content (AvgIpc) is 2.53. The summed E-state index contributed by atoms with van der Waals surface area (Å²) < 4.78 is 13.7. The fourth-order valence-electron chi connectivity index (χ4n) is 2.42. The summed E-state index contributed by atoms with van der Waals surface area (Å²) in [6, 6.07) is 7.15. The maximum Gasteiger partial charge on any atom is 0.236 e. The van der Waals surface area contributed by atoms with Gasteiger partial charge in [0.2, 0.25) is 5.91 Å². The van der Waals surface area contributed by atoms with Gasteiger partial charge in [0.1, 0.15) is 5.82 Å². The fourth-order valence-corrected chi connectivity index (χ4v) is 2.42. The van der Waals surface area contributed by atoms with E-state index in [0.29, 0.717) is 44.5 Å². The summed E-state index contributed by atoms with van der Waals surface area (Å²) in [7, 11) is 0. The van der Waals surface area contributed by atoms with Crippen molar-refractivity contribution in [2.24, 2.45) is 0 Å². The van der Waals surface area contributed by atoms with Gasteiger partial charge in [-0.15, -0.1) is 0 Å². The van der Waals surface area contributed by atoms with Crippen LogP contribution in [0.2, 0.25) is 0 Å². The van der Waals surface area contributed by atoms with Crippen molar-refractivity contribution >= 4 is 11.6 Å². The molecule has 1 atom stereocenters. The molecule has 21 heavy (non-hydrogen) atoms. The number of hydrogen-bond acceptors (Lipinski definition) is 3. The van der Waals surface area contributed by atoms with Crippen LogP contribution in [0, 0.1) is 5.82 Å². The predicted octanol–water partition coefficient (Wildman–Crippen LogP) is 1.86. The Kier molecular flexibility index (Phi) is 5.56. The Morgan fingerprint density at radius 1 is 1.29 bits per heavy atom. The number of amides is 1. The molecule has 2 rings (SSSR count). The van der Waals surface area contributed by atoms with Crippen LogP contribution in [0.3, 0.4) is 0 Å². The van der Waals surface area contributed by atoms with Crippen molar-refractivity contribution in [1.29, 1.82) is 0 Å². The van der Waals surface area contributed by atoms with Gasteiger partial charge in [-0.25, -0.2) is 4.39 Å². The van der Waals surface area contributed by atoms with Gasteiger partial charge in [-0.05, 0) is 25.5 Å². The van der Waals surface area contributed by atoms with Gasteiger partial charge in [0.05, 0.1) is 12.2 Å². The Morgan fingerprint density at radius 3 is 2.57 bits per heavy atom. The number of carbonyl (C=O) groups is 1. The number of piperazine rings is 1. The summed E-state index contributed by atoms with van der Waals surface area (Å²) in [6.07, 6.45) is 1.01. The second-order valence-corrected chi connectivity index (χ2v) is 5.51. The zero-order valence-electron chi connectivity index (χ0n) is 12.8. The first-order valence-electron chi connectivity index (χ1n) is 7.62. The first kappa shape index (κ1) is 15.8. The number of benzene rings is 1. The monoisotopic (exact) mass is 293 g/mol. The standard InChI is InChI=1S/C16H24FN3O/c1-3-13(2)18-12-16(21)20-10-8-19(9-11-20)15-7-5-4-6-14(15)17/h4-7,13,18H,3,8-12H2,1-2H3. The molecular formula is C16H24FN3O. The van der Waals surface area contributed by atoms with Crippen molar-refractivity contribution in [3.05, 3.63) is 30.1 Å². The summed E-state index contributed by atoms with van der Waals surface area (Å²) >= 11 is 0.